The number of carbonyl (C=O) groups excluding carboxylic acids is 1. The van der Waals surface area contributed by atoms with Crippen LogP contribution in [0.3, 0.4) is 0 Å². The molecule has 9 nitrogen and oxygen atoms in total. The monoisotopic (exact) mass is 390 g/mol. The third-order valence-corrected chi connectivity index (χ3v) is 4.83. The van der Waals surface area contributed by atoms with Crippen molar-refractivity contribution in [3.63, 3.8) is 0 Å². The number of amides is 1. The minimum absolute atomic E-state index is 0.233. The van der Waals surface area contributed by atoms with E-state index < -0.39 is 14.9 Å². The molecular weight excluding hydrogens is 372 g/mol. The Labute approximate surface area is 156 Å². The first-order valence-electron chi connectivity index (χ1n) is 7.79. The van der Waals surface area contributed by atoms with Crippen molar-refractivity contribution >= 4 is 33.0 Å². The molecular formula is C17H18N4O5S. The molecule has 1 amide bonds. The fourth-order valence-electron chi connectivity index (χ4n) is 2.22. The minimum atomic E-state index is -4.08. The molecule has 0 radical (unpaired) electrons. The molecule has 0 aliphatic rings. The number of hydrogen-bond donors (Lipinski definition) is 2. The van der Waals surface area contributed by atoms with Gasteiger partial charge in [0.05, 0.1) is 15.5 Å². The van der Waals surface area contributed by atoms with Crippen LogP contribution in [0.2, 0.25) is 0 Å². The molecule has 2 N–H and O–H groups in total. The highest BCUT2D eigenvalue weighted by molar-refractivity contribution is 7.89. The maximum Gasteiger partial charge on any atom is 0.276 e. The zero-order chi connectivity index (χ0) is 20.2. The van der Waals surface area contributed by atoms with Crippen molar-refractivity contribution in [1.29, 1.82) is 0 Å². The van der Waals surface area contributed by atoms with Crippen molar-refractivity contribution in [2.24, 2.45) is 5.10 Å². The first-order valence-corrected chi connectivity index (χ1v) is 9.27. The summed E-state index contributed by atoms with van der Waals surface area (Å²) < 4.78 is 24.7. The van der Waals surface area contributed by atoms with Crippen LogP contribution in [0, 0.1) is 17.0 Å². The summed E-state index contributed by atoms with van der Waals surface area (Å²) in [6.45, 7) is 4.49. The number of nitro benzene ring substituents is 1. The van der Waals surface area contributed by atoms with Crippen LogP contribution >= 0.6 is 0 Å². The summed E-state index contributed by atoms with van der Waals surface area (Å²) in [6, 6.07) is 10.3. The van der Waals surface area contributed by atoms with Crippen molar-refractivity contribution in [3.05, 3.63) is 63.7 Å². The Balaban J connectivity index is 2.27. The second kappa shape index (κ2) is 7.96. The summed E-state index contributed by atoms with van der Waals surface area (Å²) in [5, 5.41) is 17.5. The summed E-state index contributed by atoms with van der Waals surface area (Å²) >= 11 is 0. The van der Waals surface area contributed by atoms with Gasteiger partial charge >= 0.3 is 0 Å². The lowest BCUT2D eigenvalue weighted by Gasteiger charge is -2.08. The maximum atomic E-state index is 12.4. The molecule has 2 aromatic carbocycles. The predicted molar refractivity (Wildman–Crippen MR) is 101 cm³/mol. The molecule has 0 fully saturated rings. The van der Waals surface area contributed by atoms with Gasteiger partial charge in [-0.05, 0) is 37.6 Å². The fourth-order valence-corrected chi connectivity index (χ4v) is 3.10. The van der Waals surface area contributed by atoms with Gasteiger partial charge in [-0.2, -0.15) is 18.4 Å². The van der Waals surface area contributed by atoms with Gasteiger partial charge in [-0.25, -0.2) is 0 Å². The Morgan fingerprint density at radius 2 is 1.85 bits per heavy atom. The van der Waals surface area contributed by atoms with Gasteiger partial charge in [-0.3, -0.25) is 14.9 Å². The zero-order valence-electron chi connectivity index (χ0n) is 14.9. The van der Waals surface area contributed by atoms with E-state index in [4.69, 9.17) is 0 Å². The Morgan fingerprint density at radius 3 is 2.48 bits per heavy atom. The van der Waals surface area contributed by atoms with Gasteiger partial charge in [0, 0.05) is 24.2 Å². The highest BCUT2D eigenvalue weighted by atomic mass is 32.2. The van der Waals surface area contributed by atoms with E-state index >= 15 is 0 Å². The summed E-state index contributed by atoms with van der Waals surface area (Å²) in [5.41, 5.74) is 1.56. The molecule has 0 aliphatic heterocycles. The Kier molecular flexibility index (Phi) is 5.91. The van der Waals surface area contributed by atoms with Gasteiger partial charge in [0.15, 0.2) is 0 Å². The van der Waals surface area contributed by atoms with Crippen LogP contribution in [-0.4, -0.2) is 25.0 Å². The first-order chi connectivity index (χ1) is 12.6. The molecule has 0 atom stereocenters. The van der Waals surface area contributed by atoms with E-state index in [0.29, 0.717) is 22.5 Å². The smallest absolute Gasteiger partial charge is 0.276 e. The van der Waals surface area contributed by atoms with Gasteiger partial charge in [-0.15, -0.1) is 0 Å². The van der Waals surface area contributed by atoms with Crippen molar-refractivity contribution in [3.8, 4) is 0 Å². The van der Waals surface area contributed by atoms with E-state index in [0.717, 1.165) is 6.07 Å². The lowest BCUT2D eigenvalue weighted by molar-refractivity contribution is -0.385. The molecule has 27 heavy (non-hydrogen) atoms. The summed E-state index contributed by atoms with van der Waals surface area (Å²) in [6.07, 6.45) is 0. The maximum absolute atomic E-state index is 12.4. The number of benzene rings is 2. The van der Waals surface area contributed by atoms with Crippen LogP contribution in [-0.2, 0) is 14.8 Å². The number of sulfonamides is 1. The molecule has 0 aliphatic carbocycles. The molecule has 0 aromatic heterocycles. The molecule has 142 valence electrons. The van der Waals surface area contributed by atoms with Gasteiger partial charge in [0.1, 0.15) is 0 Å². The highest BCUT2D eigenvalue weighted by Gasteiger charge is 2.19. The van der Waals surface area contributed by atoms with Crippen LogP contribution in [0.1, 0.15) is 25.0 Å². The lowest BCUT2D eigenvalue weighted by Crippen LogP contribution is -2.20. The Hall–Kier alpha value is -3.27. The van der Waals surface area contributed by atoms with Crippen molar-refractivity contribution in [2.45, 2.75) is 25.7 Å². The summed E-state index contributed by atoms with van der Waals surface area (Å²) in [5.74, 6) is -0.233. The number of anilines is 1. The number of aryl methyl sites for hydroxylation is 1. The third-order valence-electron chi connectivity index (χ3n) is 3.62. The lowest BCUT2D eigenvalue weighted by atomic mass is 10.1. The average molecular weight is 390 g/mol. The van der Waals surface area contributed by atoms with Crippen molar-refractivity contribution in [2.75, 3.05) is 5.32 Å². The number of hydrogen-bond acceptors (Lipinski definition) is 6. The van der Waals surface area contributed by atoms with Gasteiger partial charge in [0.2, 0.25) is 5.91 Å². The quantitative estimate of drug-likeness (QED) is 0.445. The molecule has 0 saturated heterocycles. The molecule has 10 heteroatoms. The number of nitro groups is 1. The van der Waals surface area contributed by atoms with E-state index in [9.17, 15) is 23.3 Å². The number of hydrazone groups is 1. The molecule has 0 spiro atoms. The van der Waals surface area contributed by atoms with Gasteiger partial charge < -0.3 is 5.32 Å². The summed E-state index contributed by atoms with van der Waals surface area (Å²) in [4.78, 5) is 23.3. The minimum Gasteiger partial charge on any atom is -0.326 e. The fraction of sp³-hybridized carbons (Fsp3) is 0.176. The number of carbonyl (C=O) groups is 1. The molecule has 2 aromatic rings. The van der Waals surface area contributed by atoms with E-state index in [1.807, 2.05) is 0 Å². The van der Waals surface area contributed by atoms with E-state index in [1.165, 1.54) is 26.0 Å². The second-order valence-electron chi connectivity index (χ2n) is 5.76. The SMILES string of the molecule is CC(=O)Nc1cccc(/C(C)=N\NS(=O)(=O)c2ccc(C)c([N+](=O)[O-])c2)c1. The topological polar surface area (TPSA) is 131 Å². The Bertz CT molecular complexity index is 1030. The highest BCUT2D eigenvalue weighted by Crippen LogP contribution is 2.22. The van der Waals surface area contributed by atoms with Crippen molar-refractivity contribution in [1.82, 2.24) is 4.83 Å². The summed E-state index contributed by atoms with van der Waals surface area (Å²) in [7, 11) is -4.08. The first kappa shape index (κ1) is 20.0. The van der Waals surface area contributed by atoms with Crippen LogP contribution < -0.4 is 10.1 Å². The number of nitrogens with zero attached hydrogens (tertiary/aromatic N) is 2. The molecule has 0 bridgehead atoms. The Morgan fingerprint density at radius 1 is 1.15 bits per heavy atom. The van der Waals surface area contributed by atoms with Gasteiger partial charge in [-0.1, -0.05) is 18.2 Å². The zero-order valence-corrected chi connectivity index (χ0v) is 15.7. The second-order valence-corrected chi connectivity index (χ2v) is 7.42. The standard InChI is InChI=1S/C17H18N4O5S/c1-11-7-8-16(10-17(11)21(23)24)27(25,26)20-19-12(2)14-5-4-6-15(9-14)18-13(3)22/h4-10,20H,1-3H3,(H,18,22)/b19-12-. The average Bonchev–Trinajstić information content (AvgIpc) is 2.59. The van der Waals surface area contributed by atoms with Crippen molar-refractivity contribution < 1.29 is 18.1 Å². The third kappa shape index (κ3) is 5.11. The normalized spacial score (nSPS) is 11.7. The molecule has 0 heterocycles. The van der Waals surface area contributed by atoms with Gasteiger partial charge in [0.25, 0.3) is 15.7 Å². The van der Waals surface area contributed by atoms with Crippen LogP contribution in [0.15, 0.2) is 52.5 Å². The molecule has 0 unspecified atom stereocenters. The van der Waals surface area contributed by atoms with Crippen LogP contribution in [0.4, 0.5) is 11.4 Å². The molecule has 0 saturated carbocycles. The van der Waals surface area contributed by atoms with Crippen LogP contribution in [0.25, 0.3) is 0 Å². The largest absolute Gasteiger partial charge is 0.326 e. The van der Waals surface area contributed by atoms with E-state index in [-0.39, 0.29) is 16.5 Å². The predicted octanol–water partition coefficient (Wildman–Crippen LogP) is 2.56. The van der Waals surface area contributed by atoms with E-state index in [1.54, 1.807) is 31.2 Å². The number of rotatable bonds is 6. The van der Waals surface area contributed by atoms with E-state index in [2.05, 4.69) is 15.2 Å². The number of nitrogens with one attached hydrogen (secondary N) is 2. The molecule has 2 rings (SSSR count). The van der Waals surface area contributed by atoms with Crippen LogP contribution in [0.5, 0.6) is 0 Å².